The third-order valence-electron chi connectivity index (χ3n) is 2.28. The molecule has 86 valence electrons. The van der Waals surface area contributed by atoms with Crippen LogP contribution in [0.1, 0.15) is 22.9 Å². The van der Waals surface area contributed by atoms with E-state index in [1.54, 1.807) is 22.7 Å². The molecule has 0 aliphatic carbocycles. The van der Waals surface area contributed by atoms with E-state index >= 15 is 0 Å². The molecule has 0 atom stereocenters. The predicted octanol–water partition coefficient (Wildman–Crippen LogP) is 2.86. The normalized spacial score (nSPS) is 10.9. The Balaban J connectivity index is 2.02. The van der Waals surface area contributed by atoms with Crippen molar-refractivity contribution in [1.29, 1.82) is 0 Å². The molecule has 0 amide bonds. The molecule has 0 bridgehead atoms. The lowest BCUT2D eigenvalue weighted by atomic mass is 10.2. The van der Waals surface area contributed by atoms with Crippen molar-refractivity contribution in [3.8, 4) is 11.4 Å². The van der Waals surface area contributed by atoms with E-state index in [0.29, 0.717) is 0 Å². The number of rotatable bonds is 5. The summed E-state index contributed by atoms with van der Waals surface area (Å²) in [5.74, 6) is 0. The van der Waals surface area contributed by atoms with Crippen LogP contribution in [0.25, 0.3) is 11.4 Å². The average Bonchev–Trinajstić information content (AvgIpc) is 2.87. The summed E-state index contributed by atoms with van der Waals surface area (Å²) in [6.07, 6.45) is 3.23. The molecule has 3 nitrogen and oxygen atoms in total. The van der Waals surface area contributed by atoms with E-state index < -0.39 is 0 Å². The first-order valence-electron chi connectivity index (χ1n) is 5.36. The molecule has 0 aromatic carbocycles. The number of thiazole rings is 2. The number of nitrogens with two attached hydrogens (primary N) is 1. The van der Waals surface area contributed by atoms with Crippen molar-refractivity contribution in [1.82, 2.24) is 9.97 Å². The summed E-state index contributed by atoms with van der Waals surface area (Å²) in [5, 5.41) is 6.43. The van der Waals surface area contributed by atoms with Gasteiger partial charge in [0.15, 0.2) is 0 Å². The SMILES string of the molecule is Cc1nc(-c2csc(CCCCN)n2)cs1. The fourth-order valence-electron chi connectivity index (χ4n) is 1.44. The molecule has 0 spiro atoms. The first-order valence-corrected chi connectivity index (χ1v) is 7.12. The third-order valence-corrected chi connectivity index (χ3v) is 3.96. The van der Waals surface area contributed by atoms with Gasteiger partial charge in [-0.2, -0.15) is 0 Å². The highest BCUT2D eigenvalue weighted by atomic mass is 32.1. The summed E-state index contributed by atoms with van der Waals surface area (Å²) in [4.78, 5) is 9.02. The zero-order valence-electron chi connectivity index (χ0n) is 9.27. The number of nitrogens with zero attached hydrogens (tertiary/aromatic N) is 2. The van der Waals surface area contributed by atoms with Crippen molar-refractivity contribution in [3.05, 3.63) is 20.8 Å². The van der Waals surface area contributed by atoms with Crippen molar-refractivity contribution in [3.63, 3.8) is 0 Å². The Morgan fingerprint density at radius 3 is 2.56 bits per heavy atom. The van der Waals surface area contributed by atoms with E-state index in [1.807, 2.05) is 6.92 Å². The fraction of sp³-hybridized carbons (Fsp3) is 0.455. The summed E-state index contributed by atoms with van der Waals surface area (Å²) in [6, 6.07) is 0. The number of aromatic nitrogens is 2. The highest BCUT2D eigenvalue weighted by molar-refractivity contribution is 7.10. The molecule has 16 heavy (non-hydrogen) atoms. The summed E-state index contributed by atoms with van der Waals surface area (Å²) in [5.41, 5.74) is 7.48. The molecule has 2 heterocycles. The van der Waals surface area contributed by atoms with Crippen LogP contribution in [-0.4, -0.2) is 16.5 Å². The van der Waals surface area contributed by atoms with Gasteiger partial charge in [0.1, 0.15) is 11.4 Å². The van der Waals surface area contributed by atoms with Gasteiger partial charge in [-0.1, -0.05) is 0 Å². The van der Waals surface area contributed by atoms with Gasteiger partial charge in [-0.3, -0.25) is 0 Å². The van der Waals surface area contributed by atoms with Crippen LogP contribution < -0.4 is 5.73 Å². The Hall–Kier alpha value is -0.780. The number of hydrogen-bond donors (Lipinski definition) is 1. The molecule has 0 saturated heterocycles. The van der Waals surface area contributed by atoms with Crippen LogP contribution in [0, 0.1) is 6.92 Å². The molecule has 0 aliphatic rings. The number of hydrogen-bond acceptors (Lipinski definition) is 5. The molecule has 2 aromatic rings. The van der Waals surface area contributed by atoms with Gasteiger partial charge in [0.2, 0.25) is 0 Å². The van der Waals surface area contributed by atoms with Crippen LogP contribution in [-0.2, 0) is 6.42 Å². The topological polar surface area (TPSA) is 51.8 Å². The molecule has 0 unspecified atom stereocenters. The smallest absolute Gasteiger partial charge is 0.101 e. The van der Waals surface area contributed by atoms with Crippen LogP contribution in [0.3, 0.4) is 0 Å². The van der Waals surface area contributed by atoms with E-state index in [0.717, 1.165) is 42.2 Å². The fourth-order valence-corrected chi connectivity index (χ4v) is 2.89. The van der Waals surface area contributed by atoms with E-state index in [9.17, 15) is 0 Å². The molecular weight excluding hydrogens is 238 g/mol. The Kier molecular flexibility index (Phi) is 4.04. The molecule has 0 aliphatic heterocycles. The zero-order valence-corrected chi connectivity index (χ0v) is 10.9. The first-order chi connectivity index (χ1) is 7.79. The van der Waals surface area contributed by atoms with Gasteiger partial charge in [0.05, 0.1) is 10.0 Å². The minimum absolute atomic E-state index is 0.767. The average molecular weight is 253 g/mol. The van der Waals surface area contributed by atoms with Crippen molar-refractivity contribution in [2.45, 2.75) is 26.2 Å². The second-order valence-electron chi connectivity index (χ2n) is 3.62. The Morgan fingerprint density at radius 1 is 1.12 bits per heavy atom. The van der Waals surface area contributed by atoms with Crippen LogP contribution in [0.15, 0.2) is 10.8 Å². The molecule has 5 heteroatoms. The molecular formula is C11H15N3S2. The molecule has 2 aromatic heterocycles. The van der Waals surface area contributed by atoms with Gasteiger partial charge in [-0.25, -0.2) is 9.97 Å². The van der Waals surface area contributed by atoms with Crippen LogP contribution >= 0.6 is 22.7 Å². The molecule has 2 rings (SSSR count). The second-order valence-corrected chi connectivity index (χ2v) is 5.63. The standard InChI is InChI=1S/C11H15N3S2/c1-8-13-9(6-15-8)10-7-16-11(14-10)4-2-3-5-12/h6-7H,2-5,12H2,1H3. The first kappa shape index (κ1) is 11.7. The van der Waals surface area contributed by atoms with E-state index in [4.69, 9.17) is 5.73 Å². The van der Waals surface area contributed by atoms with Gasteiger partial charge in [0, 0.05) is 10.8 Å². The molecule has 0 radical (unpaired) electrons. The summed E-state index contributed by atoms with van der Waals surface area (Å²) in [7, 11) is 0. The van der Waals surface area contributed by atoms with Crippen molar-refractivity contribution < 1.29 is 0 Å². The minimum atomic E-state index is 0.767. The zero-order chi connectivity index (χ0) is 11.4. The molecule has 0 saturated carbocycles. The third kappa shape index (κ3) is 2.87. The highest BCUT2D eigenvalue weighted by Gasteiger charge is 2.07. The van der Waals surface area contributed by atoms with E-state index in [2.05, 4.69) is 20.7 Å². The van der Waals surface area contributed by atoms with Gasteiger partial charge in [-0.15, -0.1) is 22.7 Å². The van der Waals surface area contributed by atoms with Gasteiger partial charge >= 0.3 is 0 Å². The lowest BCUT2D eigenvalue weighted by molar-refractivity contribution is 0.742. The minimum Gasteiger partial charge on any atom is -0.330 e. The Bertz CT molecular complexity index is 448. The van der Waals surface area contributed by atoms with Crippen molar-refractivity contribution in [2.75, 3.05) is 6.54 Å². The predicted molar refractivity (Wildman–Crippen MR) is 70.0 cm³/mol. The summed E-state index contributed by atoms with van der Waals surface area (Å²) < 4.78 is 0. The lowest BCUT2D eigenvalue weighted by Gasteiger charge is -1.93. The number of unbranched alkanes of at least 4 members (excludes halogenated alkanes) is 1. The quantitative estimate of drug-likeness (QED) is 0.834. The monoisotopic (exact) mass is 253 g/mol. The summed E-state index contributed by atoms with van der Waals surface area (Å²) in [6.45, 7) is 2.78. The maximum absolute atomic E-state index is 5.47. The van der Waals surface area contributed by atoms with Crippen LogP contribution in [0.2, 0.25) is 0 Å². The molecule has 0 fully saturated rings. The largest absolute Gasteiger partial charge is 0.330 e. The Morgan fingerprint density at radius 2 is 1.88 bits per heavy atom. The maximum Gasteiger partial charge on any atom is 0.101 e. The maximum atomic E-state index is 5.47. The molecule has 2 N–H and O–H groups in total. The second kappa shape index (κ2) is 5.52. The van der Waals surface area contributed by atoms with E-state index in [-0.39, 0.29) is 0 Å². The van der Waals surface area contributed by atoms with Crippen LogP contribution in [0.4, 0.5) is 0 Å². The highest BCUT2D eigenvalue weighted by Crippen LogP contribution is 2.24. The van der Waals surface area contributed by atoms with Crippen molar-refractivity contribution >= 4 is 22.7 Å². The van der Waals surface area contributed by atoms with Crippen LogP contribution in [0.5, 0.6) is 0 Å². The van der Waals surface area contributed by atoms with Gasteiger partial charge < -0.3 is 5.73 Å². The number of aryl methyl sites for hydroxylation is 2. The van der Waals surface area contributed by atoms with Crippen molar-refractivity contribution in [2.24, 2.45) is 5.73 Å². The lowest BCUT2D eigenvalue weighted by Crippen LogP contribution is -1.98. The van der Waals surface area contributed by atoms with Gasteiger partial charge in [0.25, 0.3) is 0 Å². The van der Waals surface area contributed by atoms with Gasteiger partial charge in [-0.05, 0) is 32.7 Å². The summed E-state index contributed by atoms with van der Waals surface area (Å²) >= 11 is 3.38. The van der Waals surface area contributed by atoms with E-state index in [1.165, 1.54) is 5.01 Å². The Labute approximate surface area is 103 Å².